The molecular formula is C16H26N2O. The standard InChI is InChI=1S/C16H26N2O/c1-5-14(6-2)16(19)18(12(3)4)11-13-8-7-9-15(17)10-13/h7-10,12,14H,5-6,11,17H2,1-4H3. The second kappa shape index (κ2) is 7.17. The van der Waals surface area contributed by atoms with Gasteiger partial charge in [-0.05, 0) is 44.4 Å². The fraction of sp³-hybridized carbons (Fsp3) is 0.562. The molecule has 2 N–H and O–H groups in total. The third kappa shape index (κ3) is 4.27. The fourth-order valence-electron chi connectivity index (χ4n) is 2.28. The Balaban J connectivity index is 2.87. The van der Waals surface area contributed by atoms with E-state index in [1.54, 1.807) is 0 Å². The average Bonchev–Trinajstić information content (AvgIpc) is 2.37. The topological polar surface area (TPSA) is 46.3 Å². The van der Waals surface area contributed by atoms with E-state index in [4.69, 9.17) is 5.73 Å². The van der Waals surface area contributed by atoms with Crippen LogP contribution in [0.3, 0.4) is 0 Å². The van der Waals surface area contributed by atoms with Gasteiger partial charge in [0.2, 0.25) is 5.91 Å². The predicted octanol–water partition coefficient (Wildman–Crippen LogP) is 3.44. The third-order valence-corrected chi connectivity index (χ3v) is 3.55. The summed E-state index contributed by atoms with van der Waals surface area (Å²) in [7, 11) is 0. The maximum atomic E-state index is 12.5. The summed E-state index contributed by atoms with van der Waals surface area (Å²) in [5, 5.41) is 0. The fourth-order valence-corrected chi connectivity index (χ4v) is 2.28. The van der Waals surface area contributed by atoms with E-state index in [2.05, 4.69) is 27.7 Å². The number of hydrogen-bond acceptors (Lipinski definition) is 2. The first-order valence-electron chi connectivity index (χ1n) is 7.14. The number of nitrogens with two attached hydrogens (primary N) is 1. The first-order valence-corrected chi connectivity index (χ1v) is 7.14. The Labute approximate surface area is 116 Å². The number of benzene rings is 1. The van der Waals surface area contributed by atoms with Gasteiger partial charge in [-0.2, -0.15) is 0 Å². The van der Waals surface area contributed by atoms with Crippen molar-refractivity contribution in [2.75, 3.05) is 5.73 Å². The molecule has 3 heteroatoms. The number of amides is 1. The van der Waals surface area contributed by atoms with E-state index in [9.17, 15) is 4.79 Å². The van der Waals surface area contributed by atoms with Crippen molar-refractivity contribution in [3.63, 3.8) is 0 Å². The van der Waals surface area contributed by atoms with Crippen LogP contribution in [0.1, 0.15) is 46.1 Å². The zero-order valence-electron chi connectivity index (χ0n) is 12.5. The number of nitrogen functional groups attached to an aromatic ring is 1. The van der Waals surface area contributed by atoms with Gasteiger partial charge in [0, 0.05) is 24.2 Å². The highest BCUT2D eigenvalue weighted by atomic mass is 16.2. The molecule has 0 atom stereocenters. The van der Waals surface area contributed by atoms with Gasteiger partial charge in [0.25, 0.3) is 0 Å². The summed E-state index contributed by atoms with van der Waals surface area (Å²) in [6, 6.07) is 7.97. The smallest absolute Gasteiger partial charge is 0.226 e. The van der Waals surface area contributed by atoms with E-state index in [-0.39, 0.29) is 17.9 Å². The van der Waals surface area contributed by atoms with E-state index in [1.165, 1.54) is 0 Å². The molecule has 1 amide bonds. The minimum absolute atomic E-state index is 0.128. The molecule has 0 aliphatic heterocycles. The second-order valence-electron chi connectivity index (χ2n) is 5.32. The van der Waals surface area contributed by atoms with Crippen LogP contribution in [0.25, 0.3) is 0 Å². The van der Waals surface area contributed by atoms with Crippen LogP contribution < -0.4 is 5.73 Å². The van der Waals surface area contributed by atoms with Crippen LogP contribution in [0.15, 0.2) is 24.3 Å². The summed E-state index contributed by atoms with van der Waals surface area (Å²) in [4.78, 5) is 14.5. The van der Waals surface area contributed by atoms with Crippen LogP contribution in [0, 0.1) is 5.92 Å². The lowest BCUT2D eigenvalue weighted by Crippen LogP contribution is -2.40. The van der Waals surface area contributed by atoms with Crippen molar-refractivity contribution in [2.45, 2.75) is 53.1 Å². The molecule has 0 heterocycles. The van der Waals surface area contributed by atoms with Crippen LogP contribution in [0.4, 0.5) is 5.69 Å². The molecule has 106 valence electrons. The molecule has 3 nitrogen and oxygen atoms in total. The van der Waals surface area contributed by atoms with Crippen molar-refractivity contribution in [3.8, 4) is 0 Å². The van der Waals surface area contributed by atoms with Gasteiger partial charge in [-0.25, -0.2) is 0 Å². The lowest BCUT2D eigenvalue weighted by Gasteiger charge is -2.30. The quantitative estimate of drug-likeness (QED) is 0.798. The van der Waals surface area contributed by atoms with Crippen LogP contribution in [-0.4, -0.2) is 16.8 Å². The van der Waals surface area contributed by atoms with Crippen LogP contribution >= 0.6 is 0 Å². The maximum Gasteiger partial charge on any atom is 0.226 e. The lowest BCUT2D eigenvalue weighted by atomic mass is 10.0. The van der Waals surface area contributed by atoms with Crippen molar-refractivity contribution in [1.29, 1.82) is 0 Å². The van der Waals surface area contributed by atoms with Crippen molar-refractivity contribution >= 4 is 11.6 Å². The molecule has 0 aliphatic rings. The number of hydrogen-bond donors (Lipinski definition) is 1. The first kappa shape index (κ1) is 15.5. The largest absolute Gasteiger partial charge is 0.399 e. The molecule has 0 unspecified atom stereocenters. The summed E-state index contributed by atoms with van der Waals surface area (Å²) >= 11 is 0. The highest BCUT2D eigenvalue weighted by Gasteiger charge is 2.23. The van der Waals surface area contributed by atoms with E-state index in [1.807, 2.05) is 29.2 Å². The summed E-state index contributed by atoms with van der Waals surface area (Å²) in [6.45, 7) is 8.91. The Bertz CT molecular complexity index is 411. The molecule has 1 aromatic carbocycles. The maximum absolute atomic E-state index is 12.5. The Morgan fingerprint density at radius 3 is 2.37 bits per heavy atom. The summed E-state index contributed by atoms with van der Waals surface area (Å²) in [5.74, 6) is 0.380. The molecule has 0 saturated heterocycles. The molecular weight excluding hydrogens is 236 g/mol. The molecule has 19 heavy (non-hydrogen) atoms. The predicted molar refractivity (Wildman–Crippen MR) is 80.6 cm³/mol. The Morgan fingerprint density at radius 1 is 1.26 bits per heavy atom. The SMILES string of the molecule is CCC(CC)C(=O)N(Cc1cccc(N)c1)C(C)C. The Kier molecular flexibility index (Phi) is 5.87. The molecule has 0 fully saturated rings. The summed E-state index contributed by atoms with van der Waals surface area (Å²) in [6.07, 6.45) is 1.80. The summed E-state index contributed by atoms with van der Waals surface area (Å²) < 4.78 is 0. The van der Waals surface area contributed by atoms with Crippen LogP contribution in [-0.2, 0) is 11.3 Å². The zero-order chi connectivity index (χ0) is 14.4. The first-order chi connectivity index (χ1) is 8.99. The Hall–Kier alpha value is -1.51. The van der Waals surface area contributed by atoms with Gasteiger partial charge < -0.3 is 10.6 Å². The summed E-state index contributed by atoms with van der Waals surface area (Å²) in [5.41, 5.74) is 7.63. The van der Waals surface area contributed by atoms with Crippen LogP contribution in [0.5, 0.6) is 0 Å². The number of carbonyl (C=O) groups is 1. The van der Waals surface area contributed by atoms with Gasteiger partial charge in [-0.1, -0.05) is 26.0 Å². The zero-order valence-corrected chi connectivity index (χ0v) is 12.5. The molecule has 0 saturated carbocycles. The van der Waals surface area contributed by atoms with E-state index in [0.717, 1.165) is 24.1 Å². The second-order valence-corrected chi connectivity index (χ2v) is 5.32. The van der Waals surface area contributed by atoms with Crippen molar-refractivity contribution in [3.05, 3.63) is 29.8 Å². The highest BCUT2D eigenvalue weighted by molar-refractivity contribution is 5.79. The minimum Gasteiger partial charge on any atom is -0.399 e. The number of rotatable bonds is 6. The normalized spacial score (nSPS) is 11.1. The van der Waals surface area contributed by atoms with Crippen molar-refractivity contribution < 1.29 is 4.79 Å². The number of nitrogens with zero attached hydrogens (tertiary/aromatic N) is 1. The van der Waals surface area contributed by atoms with E-state index in [0.29, 0.717) is 6.54 Å². The lowest BCUT2D eigenvalue weighted by molar-refractivity contribution is -0.138. The third-order valence-electron chi connectivity index (χ3n) is 3.55. The average molecular weight is 262 g/mol. The van der Waals surface area contributed by atoms with Crippen molar-refractivity contribution in [1.82, 2.24) is 4.90 Å². The molecule has 0 bridgehead atoms. The van der Waals surface area contributed by atoms with Gasteiger partial charge in [-0.3, -0.25) is 4.79 Å². The van der Waals surface area contributed by atoms with Gasteiger partial charge in [-0.15, -0.1) is 0 Å². The molecule has 1 rings (SSSR count). The molecule has 0 aliphatic carbocycles. The molecule has 0 radical (unpaired) electrons. The highest BCUT2D eigenvalue weighted by Crippen LogP contribution is 2.18. The monoisotopic (exact) mass is 262 g/mol. The van der Waals surface area contributed by atoms with Gasteiger partial charge in [0.05, 0.1) is 0 Å². The van der Waals surface area contributed by atoms with Gasteiger partial charge in [0.1, 0.15) is 0 Å². The molecule has 1 aromatic rings. The van der Waals surface area contributed by atoms with E-state index >= 15 is 0 Å². The number of carbonyl (C=O) groups excluding carboxylic acids is 1. The molecule has 0 aromatic heterocycles. The van der Waals surface area contributed by atoms with Crippen molar-refractivity contribution in [2.24, 2.45) is 5.92 Å². The van der Waals surface area contributed by atoms with Gasteiger partial charge in [0.15, 0.2) is 0 Å². The molecule has 0 spiro atoms. The van der Waals surface area contributed by atoms with E-state index < -0.39 is 0 Å². The number of anilines is 1. The van der Waals surface area contributed by atoms with Gasteiger partial charge >= 0.3 is 0 Å². The minimum atomic E-state index is 0.128. The Morgan fingerprint density at radius 2 is 1.89 bits per heavy atom. The van der Waals surface area contributed by atoms with Crippen LogP contribution in [0.2, 0.25) is 0 Å².